The minimum atomic E-state index is -0.312. The number of hydrogen-bond donors (Lipinski definition) is 2. The second-order valence-electron chi connectivity index (χ2n) is 6.47. The van der Waals surface area contributed by atoms with Crippen molar-refractivity contribution < 1.29 is 14.1 Å². The van der Waals surface area contributed by atoms with Crippen molar-refractivity contribution in [1.82, 2.24) is 15.5 Å². The maximum Gasteiger partial charge on any atom is 0.243 e. The van der Waals surface area contributed by atoms with E-state index in [2.05, 4.69) is 20.8 Å². The number of amides is 2. The molecule has 0 saturated heterocycles. The first kappa shape index (κ1) is 20.5. The van der Waals surface area contributed by atoms with Crippen LogP contribution in [0.2, 0.25) is 5.02 Å². The molecule has 3 rings (SSSR count). The summed E-state index contributed by atoms with van der Waals surface area (Å²) in [5.41, 5.74) is 2.28. The highest BCUT2D eigenvalue weighted by molar-refractivity contribution is 6.31. The van der Waals surface area contributed by atoms with Gasteiger partial charge in [-0.15, -0.1) is 0 Å². The number of carbonyl (C=O) groups excluding carboxylic acids is 2. The van der Waals surface area contributed by atoms with Gasteiger partial charge in [0.05, 0.1) is 6.54 Å². The molecular weight excluding hydrogens is 392 g/mol. The first-order valence-corrected chi connectivity index (χ1v) is 9.60. The molecule has 0 radical (unpaired) electrons. The normalized spacial score (nSPS) is 10.6. The zero-order valence-electron chi connectivity index (χ0n) is 15.9. The minimum Gasteiger partial charge on any atom is -0.347 e. The molecule has 0 saturated carbocycles. The third-order valence-electron chi connectivity index (χ3n) is 4.28. The highest BCUT2D eigenvalue weighted by Gasteiger charge is 2.11. The summed E-state index contributed by atoms with van der Waals surface area (Å²) in [6.45, 7) is 1.71. The van der Waals surface area contributed by atoms with Gasteiger partial charge in [-0.1, -0.05) is 53.2 Å². The van der Waals surface area contributed by atoms with Crippen molar-refractivity contribution in [2.75, 3.05) is 11.9 Å². The van der Waals surface area contributed by atoms with E-state index in [1.807, 2.05) is 37.3 Å². The number of rotatable bonds is 8. The second kappa shape index (κ2) is 9.84. The van der Waals surface area contributed by atoms with Crippen LogP contribution in [0.25, 0.3) is 11.4 Å². The fraction of sp³-hybridized carbons (Fsp3) is 0.238. The monoisotopic (exact) mass is 412 g/mol. The second-order valence-corrected chi connectivity index (χ2v) is 6.88. The minimum absolute atomic E-state index is 0.108. The lowest BCUT2D eigenvalue weighted by Gasteiger charge is -2.10. The molecule has 0 bridgehead atoms. The first-order valence-electron chi connectivity index (χ1n) is 9.22. The van der Waals surface area contributed by atoms with Crippen molar-refractivity contribution in [3.05, 3.63) is 65.0 Å². The van der Waals surface area contributed by atoms with Crippen LogP contribution in [0.3, 0.4) is 0 Å². The van der Waals surface area contributed by atoms with Crippen molar-refractivity contribution >= 4 is 29.1 Å². The van der Waals surface area contributed by atoms with Crippen LogP contribution >= 0.6 is 11.6 Å². The topological polar surface area (TPSA) is 97.1 Å². The molecule has 29 heavy (non-hydrogen) atoms. The van der Waals surface area contributed by atoms with Crippen molar-refractivity contribution in [2.24, 2.45) is 0 Å². The zero-order chi connectivity index (χ0) is 20.6. The molecule has 0 aliphatic heterocycles. The molecule has 1 aromatic heterocycles. The summed E-state index contributed by atoms with van der Waals surface area (Å²) in [6, 6.07) is 14.8. The molecule has 2 N–H and O–H groups in total. The van der Waals surface area contributed by atoms with E-state index in [1.165, 1.54) is 0 Å². The van der Waals surface area contributed by atoms with Gasteiger partial charge in [-0.25, -0.2) is 0 Å². The first-order chi connectivity index (χ1) is 14.0. The molecule has 0 aliphatic carbocycles. The molecule has 2 aromatic carbocycles. The molecule has 7 nitrogen and oxygen atoms in total. The van der Waals surface area contributed by atoms with Gasteiger partial charge < -0.3 is 15.2 Å². The summed E-state index contributed by atoms with van der Waals surface area (Å²) in [6.07, 6.45) is 1.28. The molecule has 0 spiro atoms. The van der Waals surface area contributed by atoms with E-state index in [9.17, 15) is 9.59 Å². The summed E-state index contributed by atoms with van der Waals surface area (Å²) < 4.78 is 5.22. The average Bonchev–Trinajstić information content (AvgIpc) is 3.19. The fourth-order valence-electron chi connectivity index (χ4n) is 2.67. The van der Waals surface area contributed by atoms with Crippen LogP contribution < -0.4 is 10.6 Å². The third-order valence-corrected chi connectivity index (χ3v) is 4.69. The molecule has 0 atom stereocenters. The van der Waals surface area contributed by atoms with Gasteiger partial charge in [0.15, 0.2) is 0 Å². The number of halogens is 1. The van der Waals surface area contributed by atoms with E-state index in [0.717, 1.165) is 11.1 Å². The van der Waals surface area contributed by atoms with Gasteiger partial charge in [0, 0.05) is 29.1 Å². The van der Waals surface area contributed by atoms with E-state index >= 15 is 0 Å². The van der Waals surface area contributed by atoms with Crippen molar-refractivity contribution in [3.8, 4) is 11.4 Å². The standard InChI is InChI=1S/C21H21ClN4O3/c1-14-16(22)9-5-10-17(14)24-19(28)13-23-18(27)11-6-12-20-25-21(26-29-20)15-7-3-2-4-8-15/h2-5,7-10H,6,11-13H2,1H3,(H,23,27)(H,24,28). The maximum atomic E-state index is 12.0. The number of benzene rings is 2. The average molecular weight is 413 g/mol. The van der Waals surface area contributed by atoms with Crippen LogP contribution in [0.15, 0.2) is 53.1 Å². The molecule has 0 aliphatic rings. The smallest absolute Gasteiger partial charge is 0.243 e. The van der Waals surface area contributed by atoms with Gasteiger partial charge in [0.1, 0.15) is 0 Å². The summed E-state index contributed by atoms with van der Waals surface area (Å²) in [4.78, 5) is 28.3. The summed E-state index contributed by atoms with van der Waals surface area (Å²) in [5, 5.41) is 9.86. The van der Waals surface area contributed by atoms with Gasteiger partial charge in [0.25, 0.3) is 0 Å². The Morgan fingerprint density at radius 3 is 2.66 bits per heavy atom. The SMILES string of the molecule is Cc1c(Cl)cccc1NC(=O)CNC(=O)CCCc1nc(-c2ccccc2)no1. The molecule has 0 unspecified atom stereocenters. The Balaban J connectivity index is 1.38. The Hall–Kier alpha value is -3.19. The van der Waals surface area contributed by atoms with E-state index in [-0.39, 0.29) is 24.8 Å². The van der Waals surface area contributed by atoms with Crippen LogP contribution in [0.1, 0.15) is 24.3 Å². The molecular formula is C21H21ClN4O3. The van der Waals surface area contributed by atoms with Crippen molar-refractivity contribution in [1.29, 1.82) is 0 Å². The Bertz CT molecular complexity index is 989. The maximum absolute atomic E-state index is 12.0. The largest absolute Gasteiger partial charge is 0.347 e. The number of nitrogens with zero attached hydrogens (tertiary/aromatic N) is 2. The zero-order valence-corrected chi connectivity index (χ0v) is 16.7. The van der Waals surface area contributed by atoms with Gasteiger partial charge in [-0.05, 0) is 31.0 Å². The van der Waals surface area contributed by atoms with Crippen LogP contribution in [-0.4, -0.2) is 28.5 Å². The molecule has 0 fully saturated rings. The summed E-state index contributed by atoms with van der Waals surface area (Å²) in [5.74, 6) is 0.475. The highest BCUT2D eigenvalue weighted by atomic mass is 35.5. The molecule has 3 aromatic rings. The van der Waals surface area contributed by atoms with Crippen LogP contribution in [0.4, 0.5) is 5.69 Å². The third kappa shape index (κ3) is 5.89. The number of aryl methyl sites for hydroxylation is 1. The van der Waals surface area contributed by atoms with E-state index in [1.54, 1.807) is 18.2 Å². The quantitative estimate of drug-likeness (QED) is 0.586. The van der Waals surface area contributed by atoms with Crippen molar-refractivity contribution in [2.45, 2.75) is 26.2 Å². The highest BCUT2D eigenvalue weighted by Crippen LogP contribution is 2.22. The Kier molecular flexibility index (Phi) is 6.97. The van der Waals surface area contributed by atoms with Crippen LogP contribution in [0.5, 0.6) is 0 Å². The number of carbonyl (C=O) groups is 2. The predicted molar refractivity (Wildman–Crippen MR) is 111 cm³/mol. The van der Waals surface area contributed by atoms with E-state index in [4.69, 9.17) is 16.1 Å². The summed E-state index contributed by atoms with van der Waals surface area (Å²) >= 11 is 6.03. The van der Waals surface area contributed by atoms with Gasteiger partial charge in [0.2, 0.25) is 23.5 Å². The van der Waals surface area contributed by atoms with Crippen LogP contribution in [0, 0.1) is 6.92 Å². The lowest BCUT2D eigenvalue weighted by atomic mass is 10.2. The molecule has 150 valence electrons. The molecule has 8 heteroatoms. The fourth-order valence-corrected chi connectivity index (χ4v) is 2.84. The van der Waals surface area contributed by atoms with Crippen LogP contribution in [-0.2, 0) is 16.0 Å². The number of nitrogens with one attached hydrogen (secondary N) is 2. The summed E-state index contributed by atoms with van der Waals surface area (Å²) in [7, 11) is 0. The Morgan fingerprint density at radius 2 is 1.86 bits per heavy atom. The molecule has 1 heterocycles. The van der Waals surface area contributed by atoms with Gasteiger partial charge in [-0.2, -0.15) is 4.98 Å². The molecule has 2 amide bonds. The lowest BCUT2D eigenvalue weighted by Crippen LogP contribution is -2.32. The Labute approximate surface area is 173 Å². The number of aromatic nitrogens is 2. The Morgan fingerprint density at radius 1 is 1.07 bits per heavy atom. The lowest BCUT2D eigenvalue weighted by molar-refractivity contribution is -0.124. The van der Waals surface area contributed by atoms with E-state index < -0.39 is 0 Å². The van der Waals surface area contributed by atoms with Gasteiger partial charge >= 0.3 is 0 Å². The predicted octanol–water partition coefficient (Wildman–Crippen LogP) is 3.78. The van der Waals surface area contributed by atoms with E-state index in [0.29, 0.717) is 35.3 Å². The van der Waals surface area contributed by atoms with Gasteiger partial charge in [-0.3, -0.25) is 9.59 Å². The van der Waals surface area contributed by atoms with Crippen molar-refractivity contribution in [3.63, 3.8) is 0 Å². The number of anilines is 1. The number of hydrogen-bond acceptors (Lipinski definition) is 5.